The molecule has 0 N–H and O–H groups in total. The number of carbonyl (C=O) groups excluding carboxylic acids is 1. The third-order valence-electron chi connectivity index (χ3n) is 2.95. The number of benzene rings is 2. The number of halogens is 2. The Kier molecular flexibility index (Phi) is 5.80. The van der Waals surface area contributed by atoms with Gasteiger partial charge in [0.05, 0.1) is 0 Å². The Morgan fingerprint density at radius 3 is 2.25 bits per heavy atom. The van der Waals surface area contributed by atoms with Gasteiger partial charge in [-0.2, -0.15) is 0 Å². The molecule has 0 spiro atoms. The molecule has 0 fully saturated rings. The van der Waals surface area contributed by atoms with Crippen LogP contribution in [0.1, 0.15) is 15.9 Å². The summed E-state index contributed by atoms with van der Waals surface area (Å²) in [4.78, 5) is 14.4. The molecule has 0 unspecified atom stereocenters. The van der Waals surface area contributed by atoms with Crippen molar-refractivity contribution in [1.82, 2.24) is 4.90 Å². The number of nitrogens with zero attached hydrogens (tertiary/aromatic N) is 1. The standard InChI is InChI=1S/C16H15Br2NO/c17-10-11-19(12-13-4-2-1-3-5-13)16(20)14-6-8-15(18)9-7-14/h1-9H,10-12H2. The Morgan fingerprint density at radius 2 is 1.65 bits per heavy atom. The van der Waals surface area contributed by atoms with Gasteiger partial charge in [-0.15, -0.1) is 0 Å². The predicted molar refractivity (Wildman–Crippen MR) is 89.1 cm³/mol. The van der Waals surface area contributed by atoms with Gasteiger partial charge in [0.15, 0.2) is 0 Å². The van der Waals surface area contributed by atoms with Crippen LogP contribution in [-0.2, 0) is 6.54 Å². The SMILES string of the molecule is O=C(c1ccc(Br)cc1)N(CCBr)Cc1ccccc1. The molecule has 2 aromatic carbocycles. The van der Waals surface area contributed by atoms with Crippen molar-refractivity contribution in [2.75, 3.05) is 11.9 Å². The zero-order valence-electron chi connectivity index (χ0n) is 10.9. The van der Waals surface area contributed by atoms with E-state index in [1.165, 1.54) is 0 Å². The minimum absolute atomic E-state index is 0.0563. The van der Waals surface area contributed by atoms with Crippen LogP contribution in [0.3, 0.4) is 0 Å². The zero-order chi connectivity index (χ0) is 14.4. The highest BCUT2D eigenvalue weighted by atomic mass is 79.9. The van der Waals surface area contributed by atoms with Crippen LogP contribution in [0, 0.1) is 0 Å². The van der Waals surface area contributed by atoms with Gasteiger partial charge in [-0.25, -0.2) is 0 Å². The van der Waals surface area contributed by atoms with E-state index in [0.717, 1.165) is 15.4 Å². The monoisotopic (exact) mass is 395 g/mol. The number of amides is 1. The summed E-state index contributed by atoms with van der Waals surface area (Å²) in [6.07, 6.45) is 0. The molecule has 104 valence electrons. The van der Waals surface area contributed by atoms with Crippen LogP contribution in [0.2, 0.25) is 0 Å². The molecule has 2 aromatic rings. The van der Waals surface area contributed by atoms with Crippen LogP contribution >= 0.6 is 31.9 Å². The highest BCUT2D eigenvalue weighted by Gasteiger charge is 2.15. The van der Waals surface area contributed by atoms with E-state index in [1.807, 2.05) is 59.5 Å². The van der Waals surface area contributed by atoms with Crippen LogP contribution in [0.5, 0.6) is 0 Å². The lowest BCUT2D eigenvalue weighted by molar-refractivity contribution is 0.0754. The van der Waals surface area contributed by atoms with Crippen LogP contribution < -0.4 is 0 Å². The predicted octanol–water partition coefficient (Wildman–Crippen LogP) is 4.49. The Labute approximate surface area is 136 Å². The molecule has 4 heteroatoms. The fraction of sp³-hybridized carbons (Fsp3) is 0.188. The molecule has 0 heterocycles. The summed E-state index contributed by atoms with van der Waals surface area (Å²) in [5.74, 6) is 0.0563. The molecule has 0 radical (unpaired) electrons. The third-order valence-corrected chi connectivity index (χ3v) is 3.83. The summed E-state index contributed by atoms with van der Waals surface area (Å²) in [6.45, 7) is 1.31. The van der Waals surface area contributed by atoms with Crippen LogP contribution in [-0.4, -0.2) is 22.7 Å². The third kappa shape index (κ3) is 4.18. The number of rotatable bonds is 5. The Morgan fingerprint density at radius 1 is 1.00 bits per heavy atom. The quantitative estimate of drug-likeness (QED) is 0.682. The molecule has 0 saturated heterocycles. The van der Waals surface area contributed by atoms with Crippen LogP contribution in [0.4, 0.5) is 0 Å². The summed E-state index contributed by atoms with van der Waals surface area (Å²) in [5, 5.41) is 0.766. The molecular weight excluding hydrogens is 382 g/mol. The van der Waals surface area contributed by atoms with Crippen molar-refractivity contribution < 1.29 is 4.79 Å². The van der Waals surface area contributed by atoms with E-state index in [2.05, 4.69) is 31.9 Å². The van der Waals surface area contributed by atoms with Gasteiger partial charge in [-0.1, -0.05) is 62.2 Å². The largest absolute Gasteiger partial charge is 0.333 e. The first kappa shape index (κ1) is 15.3. The lowest BCUT2D eigenvalue weighted by Crippen LogP contribution is -2.32. The summed E-state index contributed by atoms with van der Waals surface area (Å²) >= 11 is 6.80. The highest BCUT2D eigenvalue weighted by Crippen LogP contribution is 2.14. The molecule has 0 aromatic heterocycles. The molecule has 2 nitrogen and oxygen atoms in total. The molecule has 1 amide bonds. The van der Waals surface area contributed by atoms with Gasteiger partial charge in [-0.3, -0.25) is 4.79 Å². The minimum Gasteiger partial charge on any atom is -0.333 e. The lowest BCUT2D eigenvalue weighted by atomic mass is 10.1. The van der Waals surface area contributed by atoms with Gasteiger partial charge >= 0.3 is 0 Å². The molecule has 0 aliphatic rings. The molecule has 0 aliphatic carbocycles. The number of hydrogen-bond donors (Lipinski definition) is 0. The van der Waals surface area contributed by atoms with Crippen molar-refractivity contribution in [3.8, 4) is 0 Å². The molecule has 0 aliphatic heterocycles. The second kappa shape index (κ2) is 7.60. The van der Waals surface area contributed by atoms with Gasteiger partial charge in [-0.05, 0) is 29.8 Å². The van der Waals surface area contributed by atoms with E-state index < -0.39 is 0 Å². The van der Waals surface area contributed by atoms with Crippen molar-refractivity contribution >= 4 is 37.8 Å². The van der Waals surface area contributed by atoms with E-state index in [9.17, 15) is 4.79 Å². The summed E-state index contributed by atoms with van der Waals surface area (Å²) in [6, 6.07) is 17.5. The van der Waals surface area contributed by atoms with E-state index in [-0.39, 0.29) is 5.91 Å². The van der Waals surface area contributed by atoms with Crippen molar-refractivity contribution in [1.29, 1.82) is 0 Å². The maximum absolute atomic E-state index is 12.5. The smallest absolute Gasteiger partial charge is 0.254 e. The highest BCUT2D eigenvalue weighted by molar-refractivity contribution is 9.10. The Balaban J connectivity index is 2.15. The van der Waals surface area contributed by atoms with Crippen molar-refractivity contribution in [2.24, 2.45) is 0 Å². The first-order valence-electron chi connectivity index (χ1n) is 6.35. The van der Waals surface area contributed by atoms with Gasteiger partial charge in [0.25, 0.3) is 5.91 Å². The summed E-state index contributed by atoms with van der Waals surface area (Å²) < 4.78 is 0.976. The average molecular weight is 397 g/mol. The summed E-state index contributed by atoms with van der Waals surface area (Å²) in [5.41, 5.74) is 1.85. The summed E-state index contributed by atoms with van der Waals surface area (Å²) in [7, 11) is 0. The van der Waals surface area contributed by atoms with Crippen LogP contribution in [0.25, 0.3) is 0 Å². The number of alkyl halides is 1. The molecular formula is C16H15Br2NO. The maximum atomic E-state index is 12.5. The van der Waals surface area contributed by atoms with Gasteiger partial charge < -0.3 is 4.90 Å². The second-order valence-electron chi connectivity index (χ2n) is 4.41. The number of hydrogen-bond acceptors (Lipinski definition) is 1. The molecule has 20 heavy (non-hydrogen) atoms. The average Bonchev–Trinajstić information content (AvgIpc) is 2.48. The zero-order valence-corrected chi connectivity index (χ0v) is 14.1. The van der Waals surface area contributed by atoms with Crippen molar-refractivity contribution in [3.05, 3.63) is 70.2 Å². The Bertz CT molecular complexity index is 554. The normalized spacial score (nSPS) is 10.3. The van der Waals surface area contributed by atoms with Crippen molar-refractivity contribution in [3.63, 3.8) is 0 Å². The van der Waals surface area contributed by atoms with E-state index in [0.29, 0.717) is 18.7 Å². The topological polar surface area (TPSA) is 20.3 Å². The van der Waals surface area contributed by atoms with Gasteiger partial charge in [0.1, 0.15) is 0 Å². The van der Waals surface area contributed by atoms with Gasteiger partial charge in [0.2, 0.25) is 0 Å². The minimum atomic E-state index is 0.0563. The second-order valence-corrected chi connectivity index (χ2v) is 6.12. The van der Waals surface area contributed by atoms with Gasteiger partial charge in [0, 0.05) is 28.5 Å². The molecule has 0 saturated carbocycles. The van der Waals surface area contributed by atoms with E-state index in [1.54, 1.807) is 0 Å². The lowest BCUT2D eigenvalue weighted by Gasteiger charge is -2.22. The number of carbonyl (C=O) groups is 1. The van der Waals surface area contributed by atoms with Crippen molar-refractivity contribution in [2.45, 2.75) is 6.54 Å². The van der Waals surface area contributed by atoms with Crippen LogP contribution in [0.15, 0.2) is 59.1 Å². The Hall–Kier alpha value is -1.13. The fourth-order valence-corrected chi connectivity index (χ4v) is 2.63. The maximum Gasteiger partial charge on any atom is 0.254 e. The molecule has 2 rings (SSSR count). The fourth-order valence-electron chi connectivity index (χ4n) is 1.93. The molecule has 0 atom stereocenters. The van der Waals surface area contributed by atoms with E-state index >= 15 is 0 Å². The first-order chi connectivity index (χ1) is 9.70. The molecule has 0 bridgehead atoms. The first-order valence-corrected chi connectivity index (χ1v) is 8.27. The van der Waals surface area contributed by atoms with E-state index in [4.69, 9.17) is 0 Å².